The Bertz CT molecular complexity index is 481. The van der Waals surface area contributed by atoms with Gasteiger partial charge < -0.3 is 14.8 Å². The molecular formula is C16H24BrNO3. The third-order valence-corrected chi connectivity index (χ3v) is 3.32. The monoisotopic (exact) mass is 357 g/mol. The van der Waals surface area contributed by atoms with Gasteiger partial charge in [0.05, 0.1) is 6.10 Å². The van der Waals surface area contributed by atoms with E-state index in [0.717, 1.165) is 16.6 Å². The second-order valence-corrected chi connectivity index (χ2v) is 7.04. The van der Waals surface area contributed by atoms with Crippen molar-refractivity contribution in [3.63, 3.8) is 0 Å². The number of esters is 1. The molecule has 1 aromatic rings. The predicted octanol–water partition coefficient (Wildman–Crippen LogP) is 3.67. The first-order valence-corrected chi connectivity index (χ1v) is 7.82. The minimum absolute atomic E-state index is 0.0391. The number of benzene rings is 1. The molecule has 0 atom stereocenters. The Balaban J connectivity index is 2.62. The minimum atomic E-state index is -0.359. The van der Waals surface area contributed by atoms with Gasteiger partial charge in [0.1, 0.15) is 5.75 Å². The van der Waals surface area contributed by atoms with Crippen LogP contribution in [0.5, 0.6) is 5.75 Å². The number of rotatable bonds is 6. The minimum Gasteiger partial charge on any atom is -0.482 e. The Morgan fingerprint density at radius 3 is 2.57 bits per heavy atom. The smallest absolute Gasteiger partial charge is 0.344 e. The highest BCUT2D eigenvalue weighted by atomic mass is 79.9. The summed E-state index contributed by atoms with van der Waals surface area (Å²) in [5, 5.41) is 3.42. The van der Waals surface area contributed by atoms with Gasteiger partial charge in [-0.1, -0.05) is 15.9 Å². The molecule has 1 aromatic carbocycles. The molecule has 5 heteroatoms. The van der Waals surface area contributed by atoms with Crippen molar-refractivity contribution in [1.29, 1.82) is 0 Å². The maximum Gasteiger partial charge on any atom is 0.344 e. The molecule has 0 aliphatic rings. The lowest BCUT2D eigenvalue weighted by Crippen LogP contribution is -2.35. The Hall–Kier alpha value is -1.07. The lowest BCUT2D eigenvalue weighted by atomic mass is 10.1. The summed E-state index contributed by atoms with van der Waals surface area (Å²) in [6.45, 7) is 10.6. The van der Waals surface area contributed by atoms with Gasteiger partial charge in [-0.2, -0.15) is 0 Å². The molecule has 21 heavy (non-hydrogen) atoms. The topological polar surface area (TPSA) is 47.6 Å². The highest BCUT2D eigenvalue weighted by Gasteiger charge is 2.11. The van der Waals surface area contributed by atoms with Crippen molar-refractivity contribution in [2.24, 2.45) is 0 Å². The maximum atomic E-state index is 11.5. The fraction of sp³-hybridized carbons (Fsp3) is 0.562. The van der Waals surface area contributed by atoms with Crippen molar-refractivity contribution in [3.8, 4) is 5.75 Å². The highest BCUT2D eigenvalue weighted by Crippen LogP contribution is 2.23. The van der Waals surface area contributed by atoms with Crippen LogP contribution in [-0.2, 0) is 16.1 Å². The van der Waals surface area contributed by atoms with Crippen LogP contribution in [0.2, 0.25) is 0 Å². The van der Waals surface area contributed by atoms with E-state index in [1.165, 1.54) is 0 Å². The van der Waals surface area contributed by atoms with Gasteiger partial charge in [0.2, 0.25) is 0 Å². The van der Waals surface area contributed by atoms with E-state index in [1.807, 2.05) is 32.0 Å². The summed E-state index contributed by atoms with van der Waals surface area (Å²) >= 11 is 3.52. The molecule has 1 N–H and O–H groups in total. The first kappa shape index (κ1) is 18.0. The molecule has 4 nitrogen and oxygen atoms in total. The first-order chi connectivity index (χ1) is 9.67. The van der Waals surface area contributed by atoms with Crippen LogP contribution in [0.3, 0.4) is 0 Å². The van der Waals surface area contributed by atoms with Crippen LogP contribution >= 0.6 is 15.9 Å². The largest absolute Gasteiger partial charge is 0.482 e. The highest BCUT2D eigenvalue weighted by molar-refractivity contribution is 9.10. The third kappa shape index (κ3) is 7.48. The Labute approximate surface area is 135 Å². The van der Waals surface area contributed by atoms with Gasteiger partial charge in [-0.05, 0) is 58.4 Å². The molecule has 0 aliphatic heterocycles. The van der Waals surface area contributed by atoms with E-state index in [-0.39, 0.29) is 24.2 Å². The van der Waals surface area contributed by atoms with E-state index < -0.39 is 0 Å². The third-order valence-electron chi connectivity index (χ3n) is 2.55. The van der Waals surface area contributed by atoms with E-state index in [0.29, 0.717) is 5.75 Å². The molecule has 0 amide bonds. The van der Waals surface area contributed by atoms with Gasteiger partial charge in [-0.25, -0.2) is 4.79 Å². The number of carbonyl (C=O) groups is 1. The first-order valence-electron chi connectivity index (χ1n) is 7.03. The number of hydrogen-bond donors (Lipinski definition) is 1. The summed E-state index contributed by atoms with van der Waals surface area (Å²) in [5.74, 6) is 0.298. The summed E-state index contributed by atoms with van der Waals surface area (Å²) in [7, 11) is 0. The van der Waals surface area contributed by atoms with Crippen LogP contribution in [0.1, 0.15) is 40.2 Å². The normalized spacial score (nSPS) is 11.6. The van der Waals surface area contributed by atoms with Crippen LogP contribution in [0, 0.1) is 0 Å². The van der Waals surface area contributed by atoms with Crippen molar-refractivity contribution in [3.05, 3.63) is 28.2 Å². The fourth-order valence-corrected chi connectivity index (χ4v) is 1.96. The van der Waals surface area contributed by atoms with Gasteiger partial charge in [0.15, 0.2) is 6.61 Å². The van der Waals surface area contributed by atoms with Gasteiger partial charge in [-0.15, -0.1) is 0 Å². The lowest BCUT2D eigenvalue weighted by Gasteiger charge is -2.21. The van der Waals surface area contributed by atoms with Crippen molar-refractivity contribution in [1.82, 2.24) is 5.32 Å². The Kier molecular flexibility index (Phi) is 6.68. The molecule has 0 radical (unpaired) electrons. The molecule has 0 unspecified atom stereocenters. The second-order valence-electron chi connectivity index (χ2n) is 6.18. The average Bonchev–Trinajstić information content (AvgIpc) is 2.34. The number of halogens is 1. The van der Waals surface area contributed by atoms with E-state index in [2.05, 4.69) is 42.0 Å². The van der Waals surface area contributed by atoms with E-state index in [4.69, 9.17) is 9.47 Å². The molecular weight excluding hydrogens is 334 g/mol. The molecule has 0 bridgehead atoms. The van der Waals surface area contributed by atoms with Crippen LogP contribution in [-0.4, -0.2) is 24.2 Å². The second kappa shape index (κ2) is 7.80. The molecule has 0 aliphatic carbocycles. The zero-order valence-corrected chi connectivity index (χ0v) is 14.9. The molecule has 0 fully saturated rings. The zero-order valence-electron chi connectivity index (χ0n) is 13.3. The molecule has 0 spiro atoms. The number of carbonyl (C=O) groups excluding carboxylic acids is 1. The van der Waals surface area contributed by atoms with Gasteiger partial charge in [0.25, 0.3) is 0 Å². The SMILES string of the molecule is CC(C)OC(=O)COc1ccc(Br)c(CNC(C)(C)C)c1. The Morgan fingerprint density at radius 2 is 2.00 bits per heavy atom. The standard InChI is InChI=1S/C16H24BrNO3/c1-11(2)21-15(19)10-20-13-6-7-14(17)12(8-13)9-18-16(3,4)5/h6-8,11,18H,9-10H2,1-5H3. The summed E-state index contributed by atoms with van der Waals surface area (Å²) in [5.41, 5.74) is 1.12. The quantitative estimate of drug-likeness (QED) is 0.789. The zero-order chi connectivity index (χ0) is 16.0. The van der Waals surface area contributed by atoms with Gasteiger partial charge in [-0.3, -0.25) is 0 Å². The average molecular weight is 358 g/mol. The molecule has 0 saturated carbocycles. The Morgan fingerprint density at radius 1 is 1.33 bits per heavy atom. The van der Waals surface area contributed by atoms with Crippen molar-refractivity contribution < 1.29 is 14.3 Å². The molecule has 0 aromatic heterocycles. The van der Waals surface area contributed by atoms with Crippen molar-refractivity contribution in [2.45, 2.75) is 52.8 Å². The number of hydrogen-bond acceptors (Lipinski definition) is 4. The lowest BCUT2D eigenvalue weighted by molar-refractivity contribution is -0.149. The molecule has 1 rings (SSSR count). The van der Waals surface area contributed by atoms with Crippen LogP contribution < -0.4 is 10.1 Å². The number of nitrogens with one attached hydrogen (secondary N) is 1. The predicted molar refractivity (Wildman–Crippen MR) is 87.5 cm³/mol. The van der Waals surface area contributed by atoms with Crippen molar-refractivity contribution >= 4 is 21.9 Å². The summed E-state index contributed by atoms with van der Waals surface area (Å²) < 4.78 is 11.5. The van der Waals surface area contributed by atoms with E-state index in [1.54, 1.807) is 0 Å². The molecule has 0 saturated heterocycles. The summed E-state index contributed by atoms with van der Waals surface area (Å²) in [6, 6.07) is 5.67. The van der Waals surface area contributed by atoms with E-state index in [9.17, 15) is 4.79 Å². The maximum absolute atomic E-state index is 11.5. The molecule has 0 heterocycles. The van der Waals surface area contributed by atoms with Gasteiger partial charge >= 0.3 is 5.97 Å². The van der Waals surface area contributed by atoms with Crippen molar-refractivity contribution in [2.75, 3.05) is 6.61 Å². The van der Waals surface area contributed by atoms with Crippen LogP contribution in [0.15, 0.2) is 22.7 Å². The van der Waals surface area contributed by atoms with Crippen LogP contribution in [0.25, 0.3) is 0 Å². The fourth-order valence-electron chi connectivity index (χ4n) is 1.58. The summed E-state index contributed by atoms with van der Waals surface area (Å²) in [4.78, 5) is 11.5. The van der Waals surface area contributed by atoms with E-state index >= 15 is 0 Å². The van der Waals surface area contributed by atoms with Crippen LogP contribution in [0.4, 0.5) is 0 Å². The van der Waals surface area contributed by atoms with Gasteiger partial charge in [0, 0.05) is 16.6 Å². The summed E-state index contributed by atoms with van der Waals surface area (Å²) in [6.07, 6.45) is -0.127. The number of ether oxygens (including phenoxy) is 2. The molecule has 118 valence electrons.